The first kappa shape index (κ1) is 18.9. The topological polar surface area (TPSA) is 80.3 Å². The second kappa shape index (κ2) is 8.27. The van der Waals surface area contributed by atoms with E-state index >= 15 is 0 Å². The van der Waals surface area contributed by atoms with Crippen LogP contribution < -0.4 is 5.73 Å². The van der Waals surface area contributed by atoms with Gasteiger partial charge in [-0.1, -0.05) is 12.1 Å². The van der Waals surface area contributed by atoms with Gasteiger partial charge in [0.05, 0.1) is 17.9 Å². The lowest BCUT2D eigenvalue weighted by molar-refractivity contribution is -0.138. The maximum absolute atomic E-state index is 12.8. The van der Waals surface area contributed by atoms with Crippen LogP contribution in [-0.4, -0.2) is 62.9 Å². The Hall–Kier alpha value is -1.47. The molecule has 1 amide bonds. The Kier molecular flexibility index (Phi) is 5.78. The van der Waals surface area contributed by atoms with Gasteiger partial charge in [-0.05, 0) is 50.9 Å². The number of rotatable bonds is 4. The first-order valence-corrected chi connectivity index (χ1v) is 10.8. The number of hydrogen-bond donors (Lipinski definition) is 1. The molecule has 1 aromatic heterocycles. The Morgan fingerprint density at radius 1 is 1.11 bits per heavy atom. The zero-order valence-electron chi connectivity index (χ0n) is 16.6. The van der Waals surface area contributed by atoms with Gasteiger partial charge in [0.2, 0.25) is 5.91 Å². The molecule has 150 valence electrons. The second-order valence-corrected chi connectivity index (χ2v) is 8.99. The Morgan fingerprint density at radius 2 is 1.85 bits per heavy atom. The smallest absolute Gasteiger partial charge is 0.225 e. The maximum Gasteiger partial charge on any atom is 0.225 e. The van der Waals surface area contributed by atoms with Crippen LogP contribution in [0.4, 0.5) is 0 Å². The number of hydrogen-bond acceptors (Lipinski definition) is 5. The summed E-state index contributed by atoms with van der Waals surface area (Å²) in [6.45, 7) is 6.85. The summed E-state index contributed by atoms with van der Waals surface area (Å²) in [6.07, 6.45) is 9.68. The van der Waals surface area contributed by atoms with E-state index in [1.807, 2.05) is 4.68 Å². The quantitative estimate of drug-likeness (QED) is 0.869. The average Bonchev–Trinajstić information content (AvgIpc) is 3.31. The van der Waals surface area contributed by atoms with Crippen molar-refractivity contribution in [1.82, 2.24) is 24.8 Å². The van der Waals surface area contributed by atoms with E-state index < -0.39 is 0 Å². The monoisotopic (exact) mass is 374 g/mol. The third-order valence-corrected chi connectivity index (χ3v) is 6.77. The van der Waals surface area contributed by atoms with Crippen molar-refractivity contribution in [2.24, 2.45) is 17.6 Å². The molecule has 1 saturated carbocycles. The van der Waals surface area contributed by atoms with Gasteiger partial charge in [-0.3, -0.25) is 9.69 Å². The van der Waals surface area contributed by atoms with E-state index in [1.54, 1.807) is 0 Å². The van der Waals surface area contributed by atoms with E-state index in [0.717, 1.165) is 76.4 Å². The second-order valence-electron chi connectivity index (χ2n) is 8.99. The van der Waals surface area contributed by atoms with Gasteiger partial charge in [0.1, 0.15) is 0 Å². The molecule has 1 aliphatic carbocycles. The predicted octanol–water partition coefficient (Wildman–Crippen LogP) is 1.80. The normalized spacial score (nSPS) is 30.7. The van der Waals surface area contributed by atoms with Crippen molar-refractivity contribution in [3.8, 4) is 0 Å². The fourth-order valence-electron chi connectivity index (χ4n) is 4.92. The highest BCUT2D eigenvalue weighted by atomic mass is 16.2. The molecule has 3 fully saturated rings. The van der Waals surface area contributed by atoms with E-state index in [0.29, 0.717) is 18.0 Å². The number of piperidine rings is 1. The largest absolute Gasteiger partial charge is 0.342 e. The SMILES string of the molecule is CC1CCC(C(=O)N2CCC(n3cc(CN4CC[C@@H](N)C4)nn3)CC2)CC1. The van der Waals surface area contributed by atoms with Gasteiger partial charge in [-0.2, -0.15) is 0 Å². The van der Waals surface area contributed by atoms with Crippen LogP contribution in [0.1, 0.15) is 63.6 Å². The third-order valence-electron chi connectivity index (χ3n) is 6.77. The van der Waals surface area contributed by atoms with Gasteiger partial charge in [0.25, 0.3) is 0 Å². The standard InChI is InChI=1S/C20H34N6O/c1-15-2-4-16(5-3-15)20(27)25-10-7-19(8-11-25)26-14-18(22-23-26)13-24-9-6-17(21)12-24/h14-17,19H,2-13,21H2,1H3/t15?,16?,17-/m1/s1. The minimum Gasteiger partial charge on any atom is -0.342 e. The van der Waals surface area contributed by atoms with Gasteiger partial charge < -0.3 is 10.6 Å². The highest BCUT2D eigenvalue weighted by Crippen LogP contribution is 2.31. The van der Waals surface area contributed by atoms with Crippen molar-refractivity contribution in [1.29, 1.82) is 0 Å². The molecule has 1 aromatic rings. The summed E-state index contributed by atoms with van der Waals surface area (Å²) >= 11 is 0. The summed E-state index contributed by atoms with van der Waals surface area (Å²) in [5.41, 5.74) is 7.01. The van der Waals surface area contributed by atoms with Crippen molar-refractivity contribution >= 4 is 5.91 Å². The third kappa shape index (κ3) is 4.51. The van der Waals surface area contributed by atoms with Crippen molar-refractivity contribution in [3.63, 3.8) is 0 Å². The number of carbonyl (C=O) groups is 1. The maximum atomic E-state index is 12.8. The van der Waals surface area contributed by atoms with Crippen LogP contribution in [0.15, 0.2) is 6.20 Å². The predicted molar refractivity (Wildman–Crippen MR) is 104 cm³/mol. The molecule has 27 heavy (non-hydrogen) atoms. The summed E-state index contributed by atoms with van der Waals surface area (Å²) in [5.74, 6) is 1.45. The molecule has 1 atom stereocenters. The number of aromatic nitrogens is 3. The average molecular weight is 375 g/mol. The summed E-state index contributed by atoms with van der Waals surface area (Å²) in [7, 11) is 0. The molecule has 0 spiro atoms. The van der Waals surface area contributed by atoms with E-state index in [2.05, 4.69) is 33.2 Å². The Labute approximate surface area is 162 Å². The molecular formula is C20H34N6O. The zero-order chi connectivity index (χ0) is 18.8. The fraction of sp³-hybridized carbons (Fsp3) is 0.850. The van der Waals surface area contributed by atoms with Crippen molar-refractivity contribution in [2.75, 3.05) is 26.2 Å². The lowest BCUT2D eigenvalue weighted by atomic mass is 9.82. The Balaban J connectivity index is 1.26. The van der Waals surface area contributed by atoms with E-state index in [-0.39, 0.29) is 5.92 Å². The molecule has 7 heteroatoms. The van der Waals surface area contributed by atoms with Crippen molar-refractivity contribution in [2.45, 2.75) is 70.5 Å². The molecule has 4 rings (SSSR count). The van der Waals surface area contributed by atoms with Crippen LogP contribution in [0, 0.1) is 11.8 Å². The van der Waals surface area contributed by atoms with Crippen LogP contribution in [0.3, 0.4) is 0 Å². The molecular weight excluding hydrogens is 340 g/mol. The Bertz CT molecular complexity index is 630. The molecule has 0 unspecified atom stereocenters. The van der Waals surface area contributed by atoms with Gasteiger partial charge in [0, 0.05) is 44.7 Å². The summed E-state index contributed by atoms with van der Waals surface area (Å²) in [6, 6.07) is 0.664. The van der Waals surface area contributed by atoms with E-state index in [9.17, 15) is 4.79 Å². The molecule has 0 radical (unpaired) electrons. The van der Waals surface area contributed by atoms with Gasteiger partial charge >= 0.3 is 0 Å². The lowest BCUT2D eigenvalue weighted by Gasteiger charge is -2.35. The highest BCUT2D eigenvalue weighted by Gasteiger charge is 2.31. The molecule has 2 saturated heterocycles. The summed E-state index contributed by atoms with van der Waals surface area (Å²) in [4.78, 5) is 17.3. The fourth-order valence-corrected chi connectivity index (χ4v) is 4.92. The van der Waals surface area contributed by atoms with Crippen LogP contribution >= 0.6 is 0 Å². The van der Waals surface area contributed by atoms with Crippen molar-refractivity contribution < 1.29 is 4.79 Å². The van der Waals surface area contributed by atoms with Crippen LogP contribution in [0.25, 0.3) is 0 Å². The number of amides is 1. The summed E-state index contributed by atoms with van der Waals surface area (Å²) in [5, 5.41) is 8.74. The van der Waals surface area contributed by atoms with Gasteiger partial charge in [-0.25, -0.2) is 4.68 Å². The zero-order valence-corrected chi connectivity index (χ0v) is 16.6. The van der Waals surface area contributed by atoms with Gasteiger partial charge in [0.15, 0.2) is 0 Å². The van der Waals surface area contributed by atoms with Crippen LogP contribution in [0.5, 0.6) is 0 Å². The molecule has 7 nitrogen and oxygen atoms in total. The summed E-state index contributed by atoms with van der Waals surface area (Å²) < 4.78 is 2.02. The first-order valence-electron chi connectivity index (χ1n) is 10.8. The van der Waals surface area contributed by atoms with E-state index in [1.165, 1.54) is 12.8 Å². The Morgan fingerprint density at radius 3 is 2.52 bits per heavy atom. The molecule has 3 heterocycles. The lowest BCUT2D eigenvalue weighted by Crippen LogP contribution is -2.43. The highest BCUT2D eigenvalue weighted by molar-refractivity contribution is 5.79. The molecule has 2 N–H and O–H groups in total. The first-order chi connectivity index (χ1) is 13.1. The van der Waals surface area contributed by atoms with E-state index in [4.69, 9.17) is 5.73 Å². The number of carbonyl (C=O) groups excluding carboxylic acids is 1. The molecule has 3 aliphatic rings. The van der Waals surface area contributed by atoms with Gasteiger partial charge in [-0.15, -0.1) is 5.10 Å². The molecule has 0 bridgehead atoms. The minimum absolute atomic E-state index is 0.266. The van der Waals surface area contributed by atoms with Crippen LogP contribution in [0.2, 0.25) is 0 Å². The number of likely N-dealkylation sites (tertiary alicyclic amines) is 2. The number of nitrogens with two attached hydrogens (primary N) is 1. The molecule has 2 aliphatic heterocycles. The number of nitrogens with zero attached hydrogens (tertiary/aromatic N) is 5. The van der Waals surface area contributed by atoms with Crippen LogP contribution in [-0.2, 0) is 11.3 Å². The van der Waals surface area contributed by atoms with Crippen molar-refractivity contribution in [3.05, 3.63) is 11.9 Å². The molecule has 0 aromatic carbocycles. The minimum atomic E-state index is 0.266.